The zero-order chi connectivity index (χ0) is 13.8. The number of nitrogens with zero attached hydrogens (tertiary/aromatic N) is 2. The van der Waals surface area contributed by atoms with Crippen LogP contribution in [-0.4, -0.2) is 48.0 Å². The molecule has 1 aliphatic heterocycles. The maximum absolute atomic E-state index is 11.8. The van der Waals surface area contributed by atoms with Crippen LogP contribution in [0.15, 0.2) is 22.8 Å². The van der Waals surface area contributed by atoms with Gasteiger partial charge in [-0.25, -0.2) is 4.98 Å². The molecule has 1 N–H and O–H groups in total. The first-order chi connectivity index (χ1) is 9.06. The molecule has 7 heteroatoms. The number of likely N-dealkylation sites (N-methyl/N-ethyl adjacent to an activating group) is 1. The second-order valence-corrected chi connectivity index (χ2v) is 5.21. The summed E-state index contributed by atoms with van der Waals surface area (Å²) in [6.45, 7) is 0.543. The molecule has 2 rings (SSSR count). The summed E-state index contributed by atoms with van der Waals surface area (Å²) in [5, 5.41) is 2.67. The van der Waals surface area contributed by atoms with Gasteiger partial charge in [-0.3, -0.25) is 14.5 Å². The van der Waals surface area contributed by atoms with Crippen LogP contribution in [0, 0.1) is 0 Å². The molecule has 1 amide bonds. The van der Waals surface area contributed by atoms with Gasteiger partial charge in [-0.05, 0) is 35.1 Å². The Morgan fingerprint density at radius 1 is 1.63 bits per heavy atom. The van der Waals surface area contributed by atoms with E-state index in [4.69, 9.17) is 4.74 Å². The lowest BCUT2D eigenvalue weighted by atomic mass is 10.2. The molecule has 0 spiro atoms. The molecule has 102 valence electrons. The molecule has 0 aromatic carbocycles. The molecular weight excluding hydrogens is 314 g/mol. The van der Waals surface area contributed by atoms with Gasteiger partial charge in [0.25, 0.3) is 0 Å². The lowest BCUT2D eigenvalue weighted by molar-refractivity contribution is -0.142. The Bertz CT molecular complexity index is 478. The number of carbonyl (C=O) groups excluding carboxylic acids is 2. The Kier molecular flexibility index (Phi) is 4.49. The number of pyridine rings is 1. The predicted molar refractivity (Wildman–Crippen MR) is 72.6 cm³/mol. The zero-order valence-corrected chi connectivity index (χ0v) is 12.0. The van der Waals surface area contributed by atoms with Crippen LogP contribution in [0.5, 0.6) is 0 Å². The Hall–Kier alpha value is -1.47. The number of carbonyl (C=O) groups is 2. The number of aromatic nitrogens is 1. The monoisotopic (exact) mass is 327 g/mol. The number of cyclic esters (lactones) is 1. The molecule has 1 atom stereocenters. The topological polar surface area (TPSA) is 71.5 Å². The van der Waals surface area contributed by atoms with E-state index in [-0.39, 0.29) is 24.5 Å². The summed E-state index contributed by atoms with van der Waals surface area (Å²) in [6.07, 6.45) is 2.23. The molecule has 1 aliphatic rings. The number of halogens is 1. The Labute approximate surface area is 119 Å². The van der Waals surface area contributed by atoms with Gasteiger partial charge in [0.05, 0.1) is 13.2 Å². The van der Waals surface area contributed by atoms with E-state index in [1.54, 1.807) is 30.3 Å². The van der Waals surface area contributed by atoms with Crippen LogP contribution in [0.4, 0.5) is 5.82 Å². The zero-order valence-electron chi connectivity index (χ0n) is 10.4. The Morgan fingerprint density at radius 2 is 2.42 bits per heavy atom. The molecule has 0 saturated carbocycles. The fourth-order valence-corrected chi connectivity index (χ4v) is 2.09. The van der Waals surface area contributed by atoms with Crippen LogP contribution in [-0.2, 0) is 14.3 Å². The van der Waals surface area contributed by atoms with Crippen molar-refractivity contribution >= 4 is 33.6 Å². The Balaban J connectivity index is 1.87. The van der Waals surface area contributed by atoms with Crippen molar-refractivity contribution in [2.75, 3.05) is 25.5 Å². The van der Waals surface area contributed by atoms with Crippen molar-refractivity contribution in [3.8, 4) is 0 Å². The maximum atomic E-state index is 11.8. The number of hydrogen-bond donors (Lipinski definition) is 1. The van der Waals surface area contributed by atoms with E-state index >= 15 is 0 Å². The third-order valence-electron chi connectivity index (χ3n) is 2.83. The van der Waals surface area contributed by atoms with Gasteiger partial charge in [0.1, 0.15) is 11.9 Å². The minimum absolute atomic E-state index is 0.123. The second-order valence-electron chi connectivity index (χ2n) is 4.30. The highest BCUT2D eigenvalue weighted by molar-refractivity contribution is 9.10. The average molecular weight is 328 g/mol. The highest BCUT2D eigenvalue weighted by atomic mass is 79.9. The minimum atomic E-state index is -0.330. The summed E-state index contributed by atoms with van der Waals surface area (Å²) in [7, 11) is 1.73. The number of amides is 1. The second kappa shape index (κ2) is 6.12. The van der Waals surface area contributed by atoms with Gasteiger partial charge in [0.15, 0.2) is 0 Å². The Morgan fingerprint density at radius 3 is 3.00 bits per heavy atom. The molecule has 1 aromatic rings. The molecule has 2 heterocycles. The highest BCUT2D eigenvalue weighted by Crippen LogP contribution is 2.13. The van der Waals surface area contributed by atoms with Crippen LogP contribution >= 0.6 is 15.9 Å². The van der Waals surface area contributed by atoms with Gasteiger partial charge in [-0.2, -0.15) is 0 Å². The number of rotatable bonds is 4. The van der Waals surface area contributed by atoms with E-state index in [0.717, 1.165) is 4.47 Å². The molecular formula is C12H14BrN3O3. The molecule has 1 aromatic heterocycles. The molecule has 1 fully saturated rings. The molecule has 0 bridgehead atoms. The third-order valence-corrected chi connectivity index (χ3v) is 3.30. The van der Waals surface area contributed by atoms with Crippen molar-refractivity contribution < 1.29 is 14.3 Å². The van der Waals surface area contributed by atoms with Crippen LogP contribution in [0.1, 0.15) is 6.42 Å². The van der Waals surface area contributed by atoms with E-state index in [2.05, 4.69) is 26.2 Å². The fraction of sp³-hybridized carbons (Fsp3) is 0.417. The SMILES string of the molecule is CN(CC(=O)Nc1ccc(Br)cn1)[C@H]1CCOC1=O. The van der Waals surface area contributed by atoms with Gasteiger partial charge in [0.2, 0.25) is 5.91 Å². The number of esters is 1. The van der Waals surface area contributed by atoms with Crippen LogP contribution < -0.4 is 5.32 Å². The van der Waals surface area contributed by atoms with E-state index in [9.17, 15) is 9.59 Å². The quantitative estimate of drug-likeness (QED) is 0.836. The molecule has 0 radical (unpaired) electrons. The first kappa shape index (κ1) is 14.0. The smallest absolute Gasteiger partial charge is 0.323 e. The van der Waals surface area contributed by atoms with Crippen LogP contribution in [0.25, 0.3) is 0 Å². The number of anilines is 1. The summed E-state index contributed by atoms with van der Waals surface area (Å²) in [6, 6.07) is 3.16. The summed E-state index contributed by atoms with van der Waals surface area (Å²) in [5.74, 6) is 0.00434. The van der Waals surface area contributed by atoms with Gasteiger partial charge in [-0.15, -0.1) is 0 Å². The fourth-order valence-electron chi connectivity index (χ4n) is 1.85. The lowest BCUT2D eigenvalue weighted by Crippen LogP contribution is -2.40. The lowest BCUT2D eigenvalue weighted by Gasteiger charge is -2.19. The van der Waals surface area contributed by atoms with E-state index < -0.39 is 0 Å². The van der Waals surface area contributed by atoms with Gasteiger partial charge >= 0.3 is 5.97 Å². The molecule has 1 saturated heterocycles. The van der Waals surface area contributed by atoms with Gasteiger partial charge in [-0.1, -0.05) is 0 Å². The van der Waals surface area contributed by atoms with Crippen molar-refractivity contribution in [1.82, 2.24) is 9.88 Å². The molecule has 0 aliphatic carbocycles. The van der Waals surface area contributed by atoms with Crippen molar-refractivity contribution in [3.63, 3.8) is 0 Å². The molecule has 19 heavy (non-hydrogen) atoms. The van der Waals surface area contributed by atoms with E-state index in [1.807, 2.05) is 0 Å². The van der Waals surface area contributed by atoms with E-state index in [1.165, 1.54) is 0 Å². The van der Waals surface area contributed by atoms with Crippen LogP contribution in [0.3, 0.4) is 0 Å². The largest absolute Gasteiger partial charge is 0.464 e. The van der Waals surface area contributed by atoms with Crippen molar-refractivity contribution in [3.05, 3.63) is 22.8 Å². The number of hydrogen-bond acceptors (Lipinski definition) is 5. The average Bonchev–Trinajstić information content (AvgIpc) is 2.78. The molecule has 6 nitrogen and oxygen atoms in total. The number of ether oxygens (including phenoxy) is 1. The first-order valence-electron chi connectivity index (χ1n) is 5.84. The highest BCUT2D eigenvalue weighted by Gasteiger charge is 2.31. The first-order valence-corrected chi connectivity index (χ1v) is 6.64. The summed E-state index contributed by atoms with van der Waals surface area (Å²) < 4.78 is 5.71. The summed E-state index contributed by atoms with van der Waals surface area (Å²) in [4.78, 5) is 28.9. The third kappa shape index (κ3) is 3.74. The minimum Gasteiger partial charge on any atom is -0.464 e. The van der Waals surface area contributed by atoms with Gasteiger partial charge < -0.3 is 10.1 Å². The van der Waals surface area contributed by atoms with Crippen molar-refractivity contribution in [2.24, 2.45) is 0 Å². The maximum Gasteiger partial charge on any atom is 0.323 e. The van der Waals surface area contributed by atoms with Gasteiger partial charge in [0, 0.05) is 17.1 Å². The van der Waals surface area contributed by atoms with E-state index in [0.29, 0.717) is 18.8 Å². The van der Waals surface area contributed by atoms with Crippen LogP contribution in [0.2, 0.25) is 0 Å². The summed E-state index contributed by atoms with van der Waals surface area (Å²) in [5.41, 5.74) is 0. The van der Waals surface area contributed by atoms with Crippen molar-refractivity contribution in [2.45, 2.75) is 12.5 Å². The summed E-state index contributed by atoms with van der Waals surface area (Å²) >= 11 is 3.27. The standard InChI is InChI=1S/C12H14BrN3O3/c1-16(9-4-5-19-12(9)18)7-11(17)15-10-3-2-8(13)6-14-10/h2-3,6,9H,4-5,7H2,1H3,(H,14,15,17)/t9-/m0/s1. The normalized spacial score (nSPS) is 18.5. The van der Waals surface area contributed by atoms with Crippen molar-refractivity contribution in [1.29, 1.82) is 0 Å². The molecule has 0 unspecified atom stereocenters. The predicted octanol–water partition coefficient (Wildman–Crippen LogP) is 1.03. The number of nitrogens with one attached hydrogen (secondary N) is 1.